The number of hydrogen-bond donors (Lipinski definition) is 0. The molecule has 0 saturated carbocycles. The van der Waals surface area contributed by atoms with Crippen LogP contribution in [0.25, 0.3) is 0 Å². The molecule has 31 heavy (non-hydrogen) atoms. The van der Waals surface area contributed by atoms with E-state index in [0.29, 0.717) is 0 Å². The van der Waals surface area contributed by atoms with E-state index < -0.39 is 53.7 Å². The SMILES string of the molecule is CC(=O)OC[C@H]1O[C@@H](SSc2ccccc2)[C@H](OC(C)=O)[C@@H](OC(C)=O)[C@@H]1OC(C)=O. The highest BCUT2D eigenvalue weighted by molar-refractivity contribution is 8.76. The smallest absolute Gasteiger partial charge is 0.303 e. The lowest BCUT2D eigenvalue weighted by molar-refractivity contribution is -0.237. The minimum Gasteiger partial charge on any atom is -0.463 e. The molecule has 1 heterocycles. The summed E-state index contributed by atoms with van der Waals surface area (Å²) in [6, 6.07) is 9.40. The lowest BCUT2D eigenvalue weighted by atomic mass is 9.99. The molecular formula is C20H24O9S2. The molecule has 1 aromatic carbocycles. The van der Waals surface area contributed by atoms with Gasteiger partial charge in [-0.25, -0.2) is 0 Å². The zero-order valence-electron chi connectivity index (χ0n) is 17.5. The number of esters is 4. The lowest BCUT2D eigenvalue weighted by Gasteiger charge is -2.43. The third-order valence-electron chi connectivity index (χ3n) is 3.93. The standard InChI is InChI=1S/C20H24O9S2/c1-11(21)25-10-16-17(26-12(2)22)18(27-13(3)23)19(28-14(4)24)20(29-16)31-30-15-8-6-5-7-9-15/h5-9,16-20H,10H2,1-4H3/t16-,17-,18+,19-,20+/m1/s1. The number of carbonyl (C=O) groups is 4. The second kappa shape index (κ2) is 12.0. The van der Waals surface area contributed by atoms with Gasteiger partial charge in [-0.15, -0.1) is 0 Å². The van der Waals surface area contributed by atoms with E-state index >= 15 is 0 Å². The Morgan fingerprint density at radius 1 is 0.806 bits per heavy atom. The van der Waals surface area contributed by atoms with Crippen molar-refractivity contribution < 1.29 is 42.9 Å². The maximum Gasteiger partial charge on any atom is 0.303 e. The van der Waals surface area contributed by atoms with Crippen molar-refractivity contribution in [2.24, 2.45) is 0 Å². The molecule has 1 aromatic rings. The minimum atomic E-state index is -1.16. The van der Waals surface area contributed by atoms with Crippen molar-refractivity contribution >= 4 is 45.5 Å². The first-order valence-corrected chi connectivity index (χ1v) is 11.6. The molecule has 0 N–H and O–H groups in total. The Labute approximate surface area is 187 Å². The molecule has 170 valence electrons. The van der Waals surface area contributed by atoms with Crippen LogP contribution < -0.4 is 0 Å². The quantitative estimate of drug-likeness (QED) is 0.316. The van der Waals surface area contributed by atoms with Crippen molar-refractivity contribution in [2.45, 2.75) is 62.4 Å². The average Bonchev–Trinajstić information content (AvgIpc) is 2.68. The van der Waals surface area contributed by atoms with Gasteiger partial charge in [0.1, 0.15) is 12.7 Å². The first kappa shape index (κ1) is 25.0. The van der Waals surface area contributed by atoms with Crippen molar-refractivity contribution in [1.82, 2.24) is 0 Å². The van der Waals surface area contributed by atoms with Crippen molar-refractivity contribution in [3.63, 3.8) is 0 Å². The topological polar surface area (TPSA) is 114 Å². The highest BCUT2D eigenvalue weighted by atomic mass is 33.1. The summed E-state index contributed by atoms with van der Waals surface area (Å²) in [6.07, 6.45) is -4.32. The fourth-order valence-electron chi connectivity index (χ4n) is 2.85. The molecule has 0 aliphatic carbocycles. The molecule has 0 spiro atoms. The van der Waals surface area contributed by atoms with E-state index in [1.54, 1.807) is 0 Å². The number of ether oxygens (including phenoxy) is 5. The average molecular weight is 473 g/mol. The summed E-state index contributed by atoms with van der Waals surface area (Å²) in [5.74, 6) is -2.50. The first-order chi connectivity index (χ1) is 14.7. The number of benzene rings is 1. The summed E-state index contributed by atoms with van der Waals surface area (Å²) in [5, 5.41) is 0. The van der Waals surface area contributed by atoms with Gasteiger partial charge in [-0.2, -0.15) is 0 Å². The van der Waals surface area contributed by atoms with Crippen LogP contribution in [0.2, 0.25) is 0 Å². The predicted octanol–water partition coefficient (Wildman–Crippen LogP) is 2.51. The molecule has 0 amide bonds. The van der Waals surface area contributed by atoms with Crippen molar-refractivity contribution in [2.75, 3.05) is 6.61 Å². The minimum absolute atomic E-state index is 0.245. The first-order valence-electron chi connectivity index (χ1n) is 9.36. The van der Waals surface area contributed by atoms with Crippen LogP contribution in [0.15, 0.2) is 35.2 Å². The van der Waals surface area contributed by atoms with Crippen molar-refractivity contribution in [3.05, 3.63) is 30.3 Å². The normalized spacial score (nSPS) is 25.2. The van der Waals surface area contributed by atoms with Crippen molar-refractivity contribution in [1.29, 1.82) is 0 Å². The number of carbonyl (C=O) groups excluding carboxylic acids is 4. The molecule has 2 rings (SSSR count). The van der Waals surface area contributed by atoms with Crippen LogP contribution in [0.5, 0.6) is 0 Å². The van der Waals surface area contributed by atoms with E-state index in [1.807, 2.05) is 30.3 Å². The Bertz CT molecular complexity index is 786. The molecule has 0 unspecified atom stereocenters. The molecule has 0 bridgehead atoms. The van der Waals surface area contributed by atoms with Crippen LogP contribution in [0.4, 0.5) is 0 Å². The van der Waals surface area contributed by atoms with Gasteiger partial charge in [-0.05, 0) is 12.1 Å². The molecular weight excluding hydrogens is 448 g/mol. The Kier molecular flexibility index (Phi) is 9.66. The Morgan fingerprint density at radius 2 is 1.35 bits per heavy atom. The van der Waals surface area contributed by atoms with E-state index in [2.05, 4.69) is 0 Å². The van der Waals surface area contributed by atoms with Crippen LogP contribution in [0.1, 0.15) is 27.7 Å². The van der Waals surface area contributed by atoms with E-state index in [4.69, 9.17) is 23.7 Å². The molecule has 1 saturated heterocycles. The van der Waals surface area contributed by atoms with Gasteiger partial charge >= 0.3 is 23.9 Å². The van der Waals surface area contributed by atoms with Gasteiger partial charge in [-0.3, -0.25) is 19.2 Å². The Hall–Kier alpha value is -2.24. The van der Waals surface area contributed by atoms with Crippen molar-refractivity contribution in [3.8, 4) is 0 Å². The van der Waals surface area contributed by atoms with Gasteiger partial charge in [0, 0.05) is 32.6 Å². The second-order valence-corrected chi connectivity index (χ2v) is 8.93. The van der Waals surface area contributed by atoms with Gasteiger partial charge in [0.25, 0.3) is 0 Å². The van der Waals surface area contributed by atoms with E-state index in [9.17, 15) is 19.2 Å². The van der Waals surface area contributed by atoms with Gasteiger partial charge in [-0.1, -0.05) is 39.8 Å². The van der Waals surface area contributed by atoms with Gasteiger partial charge < -0.3 is 23.7 Å². The molecule has 0 radical (unpaired) electrons. The summed E-state index contributed by atoms with van der Waals surface area (Å²) in [4.78, 5) is 47.5. The highest BCUT2D eigenvalue weighted by Crippen LogP contribution is 2.42. The zero-order valence-corrected chi connectivity index (χ0v) is 19.1. The summed E-state index contributed by atoms with van der Waals surface area (Å²) in [6.45, 7) is 4.56. The number of rotatable bonds is 8. The largest absolute Gasteiger partial charge is 0.463 e. The third kappa shape index (κ3) is 8.08. The third-order valence-corrected chi connectivity index (χ3v) is 6.50. The van der Waals surface area contributed by atoms with E-state index in [-0.39, 0.29) is 6.61 Å². The summed E-state index contributed by atoms with van der Waals surface area (Å²) < 4.78 is 27.2. The van der Waals surface area contributed by atoms with Crippen LogP contribution in [-0.4, -0.2) is 60.3 Å². The second-order valence-electron chi connectivity index (χ2n) is 6.56. The monoisotopic (exact) mass is 472 g/mol. The molecule has 1 fully saturated rings. The maximum absolute atomic E-state index is 11.8. The summed E-state index contributed by atoms with van der Waals surface area (Å²) in [7, 11) is 2.60. The van der Waals surface area contributed by atoms with Gasteiger partial charge in [0.2, 0.25) is 0 Å². The fraction of sp³-hybridized carbons (Fsp3) is 0.500. The molecule has 5 atom stereocenters. The maximum atomic E-state index is 11.8. The van der Waals surface area contributed by atoms with Crippen LogP contribution in [0, 0.1) is 0 Å². The number of hydrogen-bond acceptors (Lipinski definition) is 11. The predicted molar refractivity (Wildman–Crippen MR) is 112 cm³/mol. The zero-order chi connectivity index (χ0) is 23.0. The molecule has 1 aliphatic heterocycles. The fourth-order valence-corrected chi connectivity index (χ4v) is 5.24. The molecule has 1 aliphatic rings. The van der Waals surface area contributed by atoms with Crippen LogP contribution in [0.3, 0.4) is 0 Å². The lowest BCUT2D eigenvalue weighted by Crippen LogP contribution is -2.61. The molecule has 0 aromatic heterocycles. The molecule has 9 nitrogen and oxygen atoms in total. The summed E-state index contributed by atoms with van der Waals surface area (Å²) in [5.41, 5.74) is -0.814. The van der Waals surface area contributed by atoms with E-state index in [1.165, 1.54) is 49.3 Å². The Morgan fingerprint density at radius 3 is 1.90 bits per heavy atom. The summed E-state index contributed by atoms with van der Waals surface area (Å²) >= 11 is 0. The Balaban J connectivity index is 2.35. The van der Waals surface area contributed by atoms with Crippen LogP contribution in [-0.2, 0) is 42.9 Å². The van der Waals surface area contributed by atoms with Gasteiger partial charge in [0.05, 0.1) is 0 Å². The van der Waals surface area contributed by atoms with E-state index in [0.717, 1.165) is 4.90 Å². The molecule has 11 heteroatoms. The van der Waals surface area contributed by atoms with Gasteiger partial charge in [0.15, 0.2) is 23.7 Å². The highest BCUT2D eigenvalue weighted by Gasteiger charge is 2.52. The van der Waals surface area contributed by atoms with Crippen LogP contribution >= 0.6 is 21.6 Å².